The Morgan fingerprint density at radius 1 is 1.62 bits per heavy atom. The van der Waals surface area contributed by atoms with Crippen molar-refractivity contribution < 1.29 is 9.53 Å². The summed E-state index contributed by atoms with van der Waals surface area (Å²) in [5, 5.41) is 3.26. The summed E-state index contributed by atoms with van der Waals surface area (Å²) in [7, 11) is 0. The van der Waals surface area contributed by atoms with Crippen molar-refractivity contribution in [3.63, 3.8) is 0 Å². The number of nitrogens with zero attached hydrogens (tertiary/aromatic N) is 1. The third-order valence-electron chi connectivity index (χ3n) is 2.66. The summed E-state index contributed by atoms with van der Waals surface area (Å²) in [5.41, 5.74) is 1.61. The average molecular weight is 220 g/mol. The summed E-state index contributed by atoms with van der Waals surface area (Å²) in [5.74, 6) is 0.121. The van der Waals surface area contributed by atoms with Crippen LogP contribution in [-0.4, -0.2) is 36.6 Å². The van der Waals surface area contributed by atoms with E-state index >= 15 is 0 Å². The average Bonchev–Trinajstić information content (AvgIpc) is 2.31. The first kappa shape index (κ1) is 11.2. The van der Waals surface area contributed by atoms with Crippen molar-refractivity contribution in [2.45, 2.75) is 19.4 Å². The zero-order chi connectivity index (χ0) is 11.4. The predicted octanol–water partition coefficient (Wildman–Crippen LogP) is 0.951. The van der Waals surface area contributed by atoms with Gasteiger partial charge in [-0.1, -0.05) is 0 Å². The number of aryl methyl sites for hydroxylation is 1. The number of carbonyl (C=O) groups excluding carboxylic acids is 1. The summed E-state index contributed by atoms with van der Waals surface area (Å²) in [4.78, 5) is 16.0. The number of ether oxygens (including phenoxy) is 1. The highest BCUT2D eigenvalue weighted by Gasteiger charge is 2.17. The molecule has 4 nitrogen and oxygen atoms in total. The molecule has 1 atom stereocenters. The standard InChI is InChI=1S/C12H16N2O2/c1-9-2-3-10(7-14-9)12(15)6-11-8-16-5-4-13-11/h2-3,7,11,13H,4-6,8H2,1H3. The summed E-state index contributed by atoms with van der Waals surface area (Å²) < 4.78 is 5.31. The number of carbonyl (C=O) groups is 1. The third kappa shape index (κ3) is 2.87. The molecule has 0 bridgehead atoms. The first-order valence-electron chi connectivity index (χ1n) is 5.52. The van der Waals surface area contributed by atoms with Crippen LogP contribution in [0, 0.1) is 6.92 Å². The SMILES string of the molecule is Cc1ccc(C(=O)CC2COCCN2)cn1. The molecular weight excluding hydrogens is 204 g/mol. The number of morpholine rings is 1. The van der Waals surface area contributed by atoms with Crippen molar-refractivity contribution in [1.82, 2.24) is 10.3 Å². The number of rotatable bonds is 3. The van der Waals surface area contributed by atoms with E-state index in [0.29, 0.717) is 18.6 Å². The van der Waals surface area contributed by atoms with Crippen LogP contribution in [0.2, 0.25) is 0 Å². The van der Waals surface area contributed by atoms with E-state index in [1.165, 1.54) is 0 Å². The molecule has 1 aromatic rings. The van der Waals surface area contributed by atoms with Crippen LogP contribution in [0.25, 0.3) is 0 Å². The summed E-state index contributed by atoms with van der Waals surface area (Å²) in [6.45, 7) is 4.08. The molecule has 1 aromatic heterocycles. The molecule has 0 spiro atoms. The van der Waals surface area contributed by atoms with Crippen molar-refractivity contribution >= 4 is 5.78 Å². The van der Waals surface area contributed by atoms with E-state index in [-0.39, 0.29) is 11.8 Å². The predicted molar refractivity (Wildman–Crippen MR) is 60.5 cm³/mol. The molecule has 16 heavy (non-hydrogen) atoms. The van der Waals surface area contributed by atoms with Crippen molar-refractivity contribution in [2.75, 3.05) is 19.8 Å². The van der Waals surface area contributed by atoms with Crippen molar-refractivity contribution in [3.8, 4) is 0 Å². The molecular formula is C12H16N2O2. The van der Waals surface area contributed by atoms with Gasteiger partial charge < -0.3 is 10.1 Å². The second kappa shape index (κ2) is 5.18. The number of Topliss-reactive ketones (excluding diaryl/α,β-unsaturated/α-hetero) is 1. The molecule has 1 aliphatic rings. The lowest BCUT2D eigenvalue weighted by Gasteiger charge is -2.23. The topological polar surface area (TPSA) is 51.2 Å². The molecule has 4 heteroatoms. The van der Waals surface area contributed by atoms with Gasteiger partial charge in [-0.15, -0.1) is 0 Å². The molecule has 2 rings (SSSR count). The molecule has 86 valence electrons. The van der Waals surface area contributed by atoms with E-state index in [0.717, 1.165) is 18.8 Å². The van der Waals surface area contributed by atoms with E-state index in [9.17, 15) is 4.79 Å². The van der Waals surface area contributed by atoms with E-state index in [4.69, 9.17) is 4.74 Å². The molecule has 1 unspecified atom stereocenters. The van der Waals surface area contributed by atoms with Crippen molar-refractivity contribution in [3.05, 3.63) is 29.6 Å². The largest absolute Gasteiger partial charge is 0.378 e. The molecule has 1 N–H and O–H groups in total. The Hall–Kier alpha value is -1.26. The first-order valence-corrected chi connectivity index (χ1v) is 5.52. The van der Waals surface area contributed by atoms with Crippen LogP contribution in [0.3, 0.4) is 0 Å². The van der Waals surface area contributed by atoms with Gasteiger partial charge in [0, 0.05) is 36.5 Å². The van der Waals surface area contributed by atoms with Gasteiger partial charge in [-0.3, -0.25) is 9.78 Å². The second-order valence-electron chi connectivity index (χ2n) is 4.04. The lowest BCUT2D eigenvalue weighted by Crippen LogP contribution is -2.42. The quantitative estimate of drug-likeness (QED) is 0.771. The minimum absolute atomic E-state index is 0.121. The van der Waals surface area contributed by atoms with Gasteiger partial charge in [0.2, 0.25) is 0 Å². The van der Waals surface area contributed by atoms with Crippen LogP contribution in [0.5, 0.6) is 0 Å². The van der Waals surface area contributed by atoms with Crippen LogP contribution in [0.15, 0.2) is 18.3 Å². The Kier molecular flexibility index (Phi) is 3.64. The number of hydrogen-bond acceptors (Lipinski definition) is 4. The number of hydrogen-bond donors (Lipinski definition) is 1. The number of ketones is 1. The summed E-state index contributed by atoms with van der Waals surface area (Å²) >= 11 is 0. The smallest absolute Gasteiger partial charge is 0.166 e. The van der Waals surface area contributed by atoms with E-state index in [2.05, 4.69) is 10.3 Å². The number of pyridine rings is 1. The minimum atomic E-state index is 0.121. The van der Waals surface area contributed by atoms with E-state index < -0.39 is 0 Å². The van der Waals surface area contributed by atoms with Crippen LogP contribution >= 0.6 is 0 Å². The van der Waals surface area contributed by atoms with Gasteiger partial charge in [-0.25, -0.2) is 0 Å². The van der Waals surface area contributed by atoms with Crippen LogP contribution in [-0.2, 0) is 4.74 Å². The molecule has 0 aliphatic carbocycles. The lowest BCUT2D eigenvalue weighted by atomic mass is 10.0. The Labute approximate surface area is 95.0 Å². The fourth-order valence-corrected chi connectivity index (χ4v) is 1.73. The molecule has 2 heterocycles. The molecule has 1 saturated heterocycles. The van der Waals surface area contributed by atoms with Gasteiger partial charge in [-0.2, -0.15) is 0 Å². The van der Waals surface area contributed by atoms with E-state index in [1.807, 2.05) is 19.1 Å². The molecule has 0 amide bonds. The van der Waals surface area contributed by atoms with Crippen molar-refractivity contribution in [1.29, 1.82) is 0 Å². The normalized spacial score (nSPS) is 20.7. The maximum Gasteiger partial charge on any atom is 0.166 e. The molecule has 1 fully saturated rings. The Morgan fingerprint density at radius 3 is 3.12 bits per heavy atom. The Morgan fingerprint density at radius 2 is 2.50 bits per heavy atom. The van der Waals surface area contributed by atoms with Gasteiger partial charge in [0.25, 0.3) is 0 Å². The first-order chi connectivity index (χ1) is 7.75. The van der Waals surface area contributed by atoms with Gasteiger partial charge >= 0.3 is 0 Å². The highest BCUT2D eigenvalue weighted by molar-refractivity contribution is 5.96. The maximum atomic E-state index is 11.9. The van der Waals surface area contributed by atoms with Gasteiger partial charge in [0.05, 0.1) is 13.2 Å². The summed E-state index contributed by atoms with van der Waals surface area (Å²) in [6.07, 6.45) is 2.12. The minimum Gasteiger partial charge on any atom is -0.378 e. The number of aromatic nitrogens is 1. The molecule has 1 aliphatic heterocycles. The van der Waals surface area contributed by atoms with Gasteiger partial charge in [-0.05, 0) is 19.1 Å². The molecule has 0 aromatic carbocycles. The lowest BCUT2D eigenvalue weighted by molar-refractivity contribution is 0.0676. The molecule has 0 saturated carbocycles. The highest BCUT2D eigenvalue weighted by atomic mass is 16.5. The highest BCUT2D eigenvalue weighted by Crippen LogP contribution is 2.07. The van der Waals surface area contributed by atoms with Crippen LogP contribution < -0.4 is 5.32 Å². The maximum absolute atomic E-state index is 11.9. The summed E-state index contributed by atoms with van der Waals surface area (Å²) in [6, 6.07) is 3.83. The third-order valence-corrected chi connectivity index (χ3v) is 2.66. The number of nitrogens with one attached hydrogen (secondary N) is 1. The Bertz CT molecular complexity index is 356. The van der Waals surface area contributed by atoms with Gasteiger partial charge in [0.1, 0.15) is 0 Å². The Balaban J connectivity index is 1.94. The fourth-order valence-electron chi connectivity index (χ4n) is 1.73. The van der Waals surface area contributed by atoms with Crippen molar-refractivity contribution in [2.24, 2.45) is 0 Å². The monoisotopic (exact) mass is 220 g/mol. The zero-order valence-electron chi connectivity index (χ0n) is 9.40. The fraction of sp³-hybridized carbons (Fsp3) is 0.500. The van der Waals surface area contributed by atoms with Crippen LogP contribution in [0.4, 0.5) is 0 Å². The van der Waals surface area contributed by atoms with Crippen LogP contribution in [0.1, 0.15) is 22.5 Å². The van der Waals surface area contributed by atoms with E-state index in [1.54, 1.807) is 6.20 Å². The second-order valence-corrected chi connectivity index (χ2v) is 4.04. The molecule has 0 radical (unpaired) electrons. The van der Waals surface area contributed by atoms with Gasteiger partial charge in [0.15, 0.2) is 5.78 Å². The zero-order valence-corrected chi connectivity index (χ0v) is 9.40.